The molecule has 2 aromatic carbocycles. The first kappa shape index (κ1) is 15.7. The number of amides is 1. The van der Waals surface area contributed by atoms with Crippen LogP contribution in [0.15, 0.2) is 30.3 Å². The van der Waals surface area contributed by atoms with E-state index in [-0.39, 0.29) is 29.6 Å². The summed E-state index contributed by atoms with van der Waals surface area (Å²) in [6.07, 6.45) is 0.310. The van der Waals surface area contributed by atoms with Crippen molar-refractivity contribution in [2.75, 3.05) is 18.1 Å². The van der Waals surface area contributed by atoms with Crippen LogP contribution in [-0.2, 0) is 11.2 Å². The Hall–Kier alpha value is -2.21. The van der Waals surface area contributed by atoms with Crippen LogP contribution >= 0.6 is 11.6 Å². The lowest BCUT2D eigenvalue weighted by molar-refractivity contribution is -0.120. The Morgan fingerprint density at radius 3 is 2.70 bits per heavy atom. The molecule has 1 heterocycles. The monoisotopic (exact) mass is 341 g/mol. The number of carbonyl (C=O) groups excluding carboxylic acids is 1. The summed E-state index contributed by atoms with van der Waals surface area (Å²) in [4.78, 5) is 13.5. The Labute approximate surface area is 135 Å². The second-order valence-corrected chi connectivity index (χ2v) is 5.45. The van der Waals surface area contributed by atoms with Gasteiger partial charge in [0.15, 0.2) is 6.61 Å². The summed E-state index contributed by atoms with van der Waals surface area (Å²) in [5.74, 6) is -2.24. The van der Waals surface area contributed by atoms with Gasteiger partial charge in [-0.15, -0.1) is 0 Å². The van der Waals surface area contributed by atoms with Gasteiger partial charge in [-0.05, 0) is 30.7 Å². The SMILES string of the molecule is O=C(COc1ccc(F)cc1Cl)N1CCc2c(F)cc(F)cc21. The van der Waals surface area contributed by atoms with Crippen LogP contribution in [-0.4, -0.2) is 19.1 Å². The van der Waals surface area contributed by atoms with Crippen LogP contribution in [0.25, 0.3) is 0 Å². The summed E-state index contributed by atoms with van der Waals surface area (Å²) >= 11 is 5.81. The average Bonchev–Trinajstić information content (AvgIpc) is 2.90. The highest BCUT2D eigenvalue weighted by Gasteiger charge is 2.28. The van der Waals surface area contributed by atoms with Crippen molar-refractivity contribution < 1.29 is 22.7 Å². The third-order valence-electron chi connectivity index (χ3n) is 3.56. The highest BCUT2D eigenvalue weighted by Crippen LogP contribution is 2.31. The fraction of sp³-hybridized carbons (Fsp3) is 0.188. The predicted octanol–water partition coefficient (Wildman–Crippen LogP) is 3.73. The van der Waals surface area contributed by atoms with Crippen molar-refractivity contribution in [2.45, 2.75) is 6.42 Å². The van der Waals surface area contributed by atoms with Gasteiger partial charge in [0.1, 0.15) is 23.2 Å². The summed E-state index contributed by atoms with van der Waals surface area (Å²) in [5, 5.41) is 0.0386. The molecule has 0 aliphatic carbocycles. The third-order valence-corrected chi connectivity index (χ3v) is 3.85. The Balaban J connectivity index is 1.74. The molecule has 2 aromatic rings. The van der Waals surface area contributed by atoms with Crippen LogP contribution < -0.4 is 9.64 Å². The minimum Gasteiger partial charge on any atom is -0.482 e. The molecule has 3 nitrogen and oxygen atoms in total. The zero-order valence-electron chi connectivity index (χ0n) is 11.8. The number of benzene rings is 2. The number of rotatable bonds is 3. The fourth-order valence-electron chi connectivity index (χ4n) is 2.49. The zero-order valence-corrected chi connectivity index (χ0v) is 12.5. The summed E-state index contributed by atoms with van der Waals surface area (Å²) in [5.41, 5.74) is 0.515. The average molecular weight is 342 g/mol. The van der Waals surface area contributed by atoms with Crippen LogP contribution in [0.1, 0.15) is 5.56 Å². The molecular formula is C16H11ClF3NO2. The molecule has 0 atom stereocenters. The first-order chi connectivity index (χ1) is 11.0. The fourth-order valence-corrected chi connectivity index (χ4v) is 2.71. The molecule has 7 heteroatoms. The molecule has 0 fully saturated rings. The van der Waals surface area contributed by atoms with E-state index in [1.807, 2.05) is 0 Å². The number of carbonyl (C=O) groups is 1. The van der Waals surface area contributed by atoms with Gasteiger partial charge < -0.3 is 9.64 Å². The Morgan fingerprint density at radius 2 is 1.96 bits per heavy atom. The molecule has 1 aliphatic heterocycles. The zero-order chi connectivity index (χ0) is 16.6. The van der Waals surface area contributed by atoms with Crippen LogP contribution in [0, 0.1) is 17.5 Å². The lowest BCUT2D eigenvalue weighted by Gasteiger charge is -2.18. The molecule has 0 saturated carbocycles. The molecule has 0 radical (unpaired) electrons. The van der Waals surface area contributed by atoms with Crippen molar-refractivity contribution in [3.63, 3.8) is 0 Å². The lowest BCUT2D eigenvalue weighted by Crippen LogP contribution is -2.33. The second-order valence-electron chi connectivity index (χ2n) is 5.04. The van der Waals surface area contributed by atoms with Crippen LogP contribution in [0.5, 0.6) is 5.75 Å². The van der Waals surface area contributed by atoms with Crippen molar-refractivity contribution in [1.82, 2.24) is 0 Å². The van der Waals surface area contributed by atoms with E-state index >= 15 is 0 Å². The Morgan fingerprint density at radius 1 is 1.17 bits per heavy atom. The van der Waals surface area contributed by atoms with Crippen LogP contribution in [0.2, 0.25) is 5.02 Å². The van der Waals surface area contributed by atoms with E-state index in [0.29, 0.717) is 12.0 Å². The molecule has 120 valence electrons. The van der Waals surface area contributed by atoms with Gasteiger partial charge in [-0.25, -0.2) is 13.2 Å². The Kier molecular flexibility index (Phi) is 4.17. The maximum absolute atomic E-state index is 13.7. The Bertz CT molecular complexity index is 782. The standard InChI is InChI=1S/C16H11ClF3NO2/c17-12-5-9(18)1-2-15(12)23-8-16(22)21-4-3-11-13(20)6-10(19)7-14(11)21/h1-2,5-7H,3-4,8H2. The number of fused-ring (bicyclic) bond motifs is 1. The maximum atomic E-state index is 13.7. The van der Waals surface area contributed by atoms with Crippen LogP contribution in [0.4, 0.5) is 18.9 Å². The smallest absolute Gasteiger partial charge is 0.264 e. The number of nitrogens with zero attached hydrogens (tertiary/aromatic N) is 1. The van der Waals surface area contributed by atoms with E-state index < -0.39 is 23.4 Å². The first-order valence-corrected chi connectivity index (χ1v) is 7.19. The van der Waals surface area contributed by atoms with Gasteiger partial charge in [-0.1, -0.05) is 11.6 Å². The van der Waals surface area contributed by atoms with E-state index in [1.165, 1.54) is 11.0 Å². The molecule has 0 saturated heterocycles. The van der Waals surface area contributed by atoms with Gasteiger partial charge >= 0.3 is 0 Å². The molecule has 3 rings (SSSR count). The maximum Gasteiger partial charge on any atom is 0.264 e. The summed E-state index contributed by atoms with van der Waals surface area (Å²) < 4.78 is 45.2. The minimum atomic E-state index is -0.747. The van der Waals surface area contributed by atoms with E-state index in [2.05, 4.69) is 0 Å². The van der Waals surface area contributed by atoms with Crippen LogP contribution in [0.3, 0.4) is 0 Å². The van der Waals surface area contributed by atoms with E-state index in [0.717, 1.165) is 24.3 Å². The molecule has 0 N–H and O–H groups in total. The summed E-state index contributed by atoms with van der Waals surface area (Å²) in [6, 6.07) is 5.44. The highest BCUT2D eigenvalue weighted by molar-refractivity contribution is 6.32. The van der Waals surface area contributed by atoms with Crippen molar-refractivity contribution >= 4 is 23.2 Å². The number of hydrogen-bond acceptors (Lipinski definition) is 2. The lowest BCUT2D eigenvalue weighted by atomic mass is 10.1. The van der Waals surface area contributed by atoms with Crippen molar-refractivity contribution in [3.05, 3.63) is 58.4 Å². The van der Waals surface area contributed by atoms with Crippen molar-refractivity contribution in [2.24, 2.45) is 0 Å². The minimum absolute atomic E-state index is 0.0386. The van der Waals surface area contributed by atoms with E-state index in [9.17, 15) is 18.0 Å². The van der Waals surface area contributed by atoms with Gasteiger partial charge in [0.25, 0.3) is 5.91 Å². The van der Waals surface area contributed by atoms with E-state index in [4.69, 9.17) is 16.3 Å². The molecule has 0 aromatic heterocycles. The number of halogens is 4. The number of ether oxygens (including phenoxy) is 1. The normalized spacial score (nSPS) is 13.1. The van der Waals surface area contributed by atoms with E-state index in [1.54, 1.807) is 0 Å². The predicted molar refractivity (Wildman–Crippen MR) is 79.3 cm³/mol. The topological polar surface area (TPSA) is 29.5 Å². The van der Waals surface area contributed by atoms with Gasteiger partial charge in [0.2, 0.25) is 0 Å². The van der Waals surface area contributed by atoms with Crippen molar-refractivity contribution in [1.29, 1.82) is 0 Å². The number of anilines is 1. The largest absolute Gasteiger partial charge is 0.482 e. The number of hydrogen-bond donors (Lipinski definition) is 0. The quantitative estimate of drug-likeness (QED) is 0.851. The van der Waals surface area contributed by atoms with Gasteiger partial charge in [-0.2, -0.15) is 0 Å². The third kappa shape index (κ3) is 3.12. The highest BCUT2D eigenvalue weighted by atomic mass is 35.5. The summed E-state index contributed by atoms with van der Waals surface area (Å²) in [6.45, 7) is -0.127. The second kappa shape index (κ2) is 6.12. The molecule has 0 bridgehead atoms. The van der Waals surface area contributed by atoms with Gasteiger partial charge in [0, 0.05) is 18.2 Å². The molecule has 23 heavy (non-hydrogen) atoms. The van der Waals surface area contributed by atoms with Crippen molar-refractivity contribution in [3.8, 4) is 5.75 Å². The molecule has 0 unspecified atom stereocenters. The first-order valence-electron chi connectivity index (χ1n) is 6.82. The molecule has 0 spiro atoms. The molecule has 1 amide bonds. The molecular weight excluding hydrogens is 331 g/mol. The molecule has 1 aliphatic rings. The summed E-state index contributed by atoms with van der Waals surface area (Å²) in [7, 11) is 0. The van der Waals surface area contributed by atoms with Gasteiger partial charge in [-0.3, -0.25) is 4.79 Å². The van der Waals surface area contributed by atoms with Gasteiger partial charge in [0.05, 0.1) is 10.7 Å².